The molecule has 0 bridgehead atoms. The van der Waals surface area contributed by atoms with Crippen LogP contribution in [-0.4, -0.2) is 36.5 Å². The van der Waals surface area contributed by atoms with Crippen molar-refractivity contribution >= 4 is 33.2 Å². The third-order valence-corrected chi connectivity index (χ3v) is 4.17. The van der Waals surface area contributed by atoms with Gasteiger partial charge in [-0.1, -0.05) is 0 Å². The van der Waals surface area contributed by atoms with Crippen molar-refractivity contribution in [3.05, 3.63) is 22.4 Å². The first-order valence-electron chi connectivity index (χ1n) is 6.03. The SMILES string of the molecule is CN1CCN(c2cc(F)c(Br)cc2N)C(C)(C)C1=O. The van der Waals surface area contributed by atoms with Crippen molar-refractivity contribution in [2.24, 2.45) is 0 Å². The highest BCUT2D eigenvalue weighted by Gasteiger charge is 2.41. The minimum absolute atomic E-state index is 0.00137. The van der Waals surface area contributed by atoms with E-state index >= 15 is 0 Å². The number of hydrogen-bond acceptors (Lipinski definition) is 3. The van der Waals surface area contributed by atoms with Gasteiger partial charge in [0.05, 0.1) is 15.8 Å². The second-order valence-electron chi connectivity index (χ2n) is 5.26. The van der Waals surface area contributed by atoms with Gasteiger partial charge in [-0.3, -0.25) is 4.79 Å². The maximum atomic E-state index is 13.7. The molecule has 104 valence electrons. The fourth-order valence-corrected chi connectivity index (χ4v) is 2.78. The number of carbonyl (C=O) groups excluding carboxylic acids is 1. The van der Waals surface area contributed by atoms with Crippen LogP contribution in [-0.2, 0) is 4.79 Å². The lowest BCUT2D eigenvalue weighted by Crippen LogP contribution is -2.62. The lowest BCUT2D eigenvalue weighted by atomic mass is 9.96. The molecule has 4 nitrogen and oxygen atoms in total. The highest BCUT2D eigenvalue weighted by molar-refractivity contribution is 9.10. The van der Waals surface area contributed by atoms with Crippen molar-refractivity contribution in [1.82, 2.24) is 4.90 Å². The lowest BCUT2D eigenvalue weighted by molar-refractivity contribution is -0.136. The number of hydrogen-bond donors (Lipinski definition) is 1. The summed E-state index contributed by atoms with van der Waals surface area (Å²) in [6.45, 7) is 4.87. The molecule has 2 rings (SSSR count). The summed E-state index contributed by atoms with van der Waals surface area (Å²) >= 11 is 3.11. The molecule has 1 aliphatic heterocycles. The molecule has 1 heterocycles. The van der Waals surface area contributed by atoms with Gasteiger partial charge in [0.2, 0.25) is 5.91 Å². The minimum Gasteiger partial charge on any atom is -0.397 e. The normalized spacial score (nSPS) is 18.9. The summed E-state index contributed by atoms with van der Waals surface area (Å²) in [7, 11) is 1.77. The third kappa shape index (κ3) is 2.29. The highest BCUT2D eigenvalue weighted by atomic mass is 79.9. The molecule has 0 aromatic heterocycles. The Balaban J connectivity index is 2.47. The Morgan fingerprint density at radius 1 is 1.37 bits per heavy atom. The predicted octanol–water partition coefficient (Wildman–Crippen LogP) is 2.23. The van der Waals surface area contributed by atoms with Crippen LogP contribution in [0.1, 0.15) is 13.8 Å². The highest BCUT2D eigenvalue weighted by Crippen LogP contribution is 2.35. The van der Waals surface area contributed by atoms with E-state index in [1.807, 2.05) is 18.7 Å². The minimum atomic E-state index is -0.735. The first kappa shape index (κ1) is 14.1. The van der Waals surface area contributed by atoms with Crippen LogP contribution in [0.3, 0.4) is 0 Å². The van der Waals surface area contributed by atoms with E-state index < -0.39 is 5.54 Å². The molecule has 0 aliphatic carbocycles. The summed E-state index contributed by atoms with van der Waals surface area (Å²) in [6.07, 6.45) is 0. The number of anilines is 2. The lowest BCUT2D eigenvalue weighted by Gasteiger charge is -2.46. The standard InChI is InChI=1S/C13H17BrFN3O/c1-13(2)12(19)17(3)4-5-18(13)11-7-9(15)8(14)6-10(11)16/h6-7H,4-5,16H2,1-3H3. The summed E-state index contributed by atoms with van der Waals surface area (Å²) in [6, 6.07) is 2.91. The zero-order valence-electron chi connectivity index (χ0n) is 11.2. The largest absolute Gasteiger partial charge is 0.397 e. The molecule has 0 atom stereocenters. The van der Waals surface area contributed by atoms with Gasteiger partial charge in [0.15, 0.2) is 0 Å². The van der Waals surface area contributed by atoms with Gasteiger partial charge in [0.1, 0.15) is 11.4 Å². The van der Waals surface area contributed by atoms with Crippen LogP contribution < -0.4 is 10.6 Å². The van der Waals surface area contributed by atoms with E-state index in [1.54, 1.807) is 11.9 Å². The van der Waals surface area contributed by atoms with Crippen LogP contribution in [0, 0.1) is 5.82 Å². The summed E-state index contributed by atoms with van der Waals surface area (Å²) < 4.78 is 14.0. The second kappa shape index (κ2) is 4.67. The maximum Gasteiger partial charge on any atom is 0.247 e. The van der Waals surface area contributed by atoms with Gasteiger partial charge in [-0.25, -0.2) is 4.39 Å². The van der Waals surface area contributed by atoms with Gasteiger partial charge in [0.25, 0.3) is 0 Å². The number of benzene rings is 1. The Morgan fingerprint density at radius 3 is 2.63 bits per heavy atom. The summed E-state index contributed by atoms with van der Waals surface area (Å²) in [5.74, 6) is -0.382. The fourth-order valence-electron chi connectivity index (χ4n) is 2.42. The predicted molar refractivity (Wildman–Crippen MR) is 77.6 cm³/mol. The van der Waals surface area contributed by atoms with E-state index in [0.717, 1.165) is 0 Å². The van der Waals surface area contributed by atoms with Gasteiger partial charge >= 0.3 is 0 Å². The van der Waals surface area contributed by atoms with Crippen LogP contribution >= 0.6 is 15.9 Å². The number of amides is 1. The van der Waals surface area contributed by atoms with Gasteiger partial charge in [-0.05, 0) is 35.8 Å². The van der Waals surface area contributed by atoms with Crippen molar-refractivity contribution in [3.63, 3.8) is 0 Å². The van der Waals surface area contributed by atoms with E-state index in [9.17, 15) is 9.18 Å². The maximum absolute atomic E-state index is 13.7. The summed E-state index contributed by atoms with van der Waals surface area (Å²) in [4.78, 5) is 15.8. The molecule has 6 heteroatoms. The Labute approximate surface area is 120 Å². The molecule has 19 heavy (non-hydrogen) atoms. The fraction of sp³-hybridized carbons (Fsp3) is 0.462. The van der Waals surface area contributed by atoms with E-state index in [2.05, 4.69) is 15.9 Å². The Kier molecular flexibility index (Phi) is 3.47. The van der Waals surface area contributed by atoms with Gasteiger partial charge in [0, 0.05) is 26.2 Å². The molecule has 0 unspecified atom stereocenters. The molecule has 0 saturated carbocycles. The quantitative estimate of drug-likeness (QED) is 0.804. The first-order chi connectivity index (χ1) is 8.75. The number of piperazine rings is 1. The van der Waals surface area contributed by atoms with E-state index in [4.69, 9.17) is 5.73 Å². The molecule has 1 aromatic rings. The molecule has 2 N–H and O–H groups in total. The number of carbonyl (C=O) groups is 1. The zero-order chi connectivity index (χ0) is 14.4. The van der Waals surface area contributed by atoms with Crippen molar-refractivity contribution in [2.45, 2.75) is 19.4 Å². The third-order valence-electron chi connectivity index (χ3n) is 3.56. The monoisotopic (exact) mass is 329 g/mol. The van der Waals surface area contributed by atoms with Crippen LogP contribution in [0.25, 0.3) is 0 Å². The number of nitrogens with zero attached hydrogens (tertiary/aromatic N) is 2. The number of likely N-dealkylation sites (N-methyl/N-ethyl adjacent to an activating group) is 1. The smallest absolute Gasteiger partial charge is 0.247 e. The van der Waals surface area contributed by atoms with Crippen LogP contribution in [0.15, 0.2) is 16.6 Å². The molecule has 1 aliphatic rings. The van der Waals surface area contributed by atoms with E-state index in [-0.39, 0.29) is 11.7 Å². The molecule has 0 spiro atoms. The number of rotatable bonds is 1. The van der Waals surface area contributed by atoms with Crippen molar-refractivity contribution in [3.8, 4) is 0 Å². The molecular weight excluding hydrogens is 313 g/mol. The molecule has 1 aromatic carbocycles. The average Bonchev–Trinajstić information content (AvgIpc) is 2.32. The van der Waals surface area contributed by atoms with Gasteiger partial charge in [-0.15, -0.1) is 0 Å². The van der Waals surface area contributed by atoms with Crippen molar-refractivity contribution < 1.29 is 9.18 Å². The molecule has 1 amide bonds. The Bertz CT molecular complexity index is 533. The average molecular weight is 330 g/mol. The van der Waals surface area contributed by atoms with Crippen LogP contribution in [0.2, 0.25) is 0 Å². The number of nitrogen functional groups attached to an aromatic ring is 1. The molecule has 1 saturated heterocycles. The second-order valence-corrected chi connectivity index (χ2v) is 6.12. The van der Waals surface area contributed by atoms with E-state index in [1.165, 1.54) is 12.1 Å². The molecule has 0 radical (unpaired) electrons. The van der Waals surface area contributed by atoms with E-state index in [0.29, 0.717) is 28.9 Å². The Hall–Kier alpha value is -1.30. The van der Waals surface area contributed by atoms with Gasteiger partial charge < -0.3 is 15.5 Å². The number of halogens is 2. The molecular formula is C13H17BrFN3O. The molecule has 1 fully saturated rings. The van der Waals surface area contributed by atoms with Crippen LogP contribution in [0.4, 0.5) is 15.8 Å². The number of nitrogens with two attached hydrogens (primary N) is 1. The van der Waals surface area contributed by atoms with Gasteiger partial charge in [-0.2, -0.15) is 0 Å². The first-order valence-corrected chi connectivity index (χ1v) is 6.82. The van der Waals surface area contributed by atoms with Crippen molar-refractivity contribution in [2.75, 3.05) is 30.8 Å². The topological polar surface area (TPSA) is 49.6 Å². The summed E-state index contributed by atoms with van der Waals surface area (Å²) in [5.41, 5.74) is 6.24. The zero-order valence-corrected chi connectivity index (χ0v) is 12.8. The van der Waals surface area contributed by atoms with Crippen molar-refractivity contribution in [1.29, 1.82) is 0 Å². The summed E-state index contributed by atoms with van der Waals surface area (Å²) in [5, 5.41) is 0. The Morgan fingerprint density at radius 2 is 2.00 bits per heavy atom. The van der Waals surface area contributed by atoms with Crippen LogP contribution in [0.5, 0.6) is 0 Å².